The molecule has 1 aliphatic heterocycles. The largest absolute Gasteiger partial charge is 0.490 e. The number of anilines is 1. The summed E-state index contributed by atoms with van der Waals surface area (Å²) in [7, 11) is 0. The van der Waals surface area contributed by atoms with Gasteiger partial charge in [0.05, 0.1) is 17.0 Å². The zero-order chi connectivity index (χ0) is 18.6. The van der Waals surface area contributed by atoms with Crippen molar-refractivity contribution in [3.8, 4) is 5.75 Å². The molecule has 0 amide bonds. The van der Waals surface area contributed by atoms with Gasteiger partial charge in [0.25, 0.3) is 0 Å². The Balaban J connectivity index is 1.23. The van der Waals surface area contributed by atoms with Gasteiger partial charge in [-0.3, -0.25) is 4.90 Å². The smallest absolute Gasteiger partial charge is 0.167 e. The Kier molecular flexibility index (Phi) is 5.55. The first-order valence-electron chi connectivity index (χ1n) is 9.22. The molecule has 142 valence electrons. The monoisotopic (exact) mass is 388 g/mol. The molecule has 3 nitrogen and oxygen atoms in total. The van der Waals surface area contributed by atoms with Crippen LogP contribution >= 0.6 is 11.3 Å². The average Bonchev–Trinajstić information content (AvgIpc) is 3.16. The number of ether oxygens (including phenoxy) is 1. The van der Waals surface area contributed by atoms with E-state index in [4.69, 9.17) is 4.74 Å². The van der Waals surface area contributed by atoms with E-state index in [9.17, 15) is 8.78 Å². The van der Waals surface area contributed by atoms with Crippen LogP contribution < -0.4 is 9.64 Å². The van der Waals surface area contributed by atoms with Gasteiger partial charge in [-0.25, -0.2) is 8.78 Å². The van der Waals surface area contributed by atoms with Crippen LogP contribution in [0.25, 0.3) is 10.1 Å². The van der Waals surface area contributed by atoms with Crippen molar-refractivity contribution in [2.75, 3.05) is 44.2 Å². The molecule has 2 heterocycles. The lowest BCUT2D eigenvalue weighted by molar-refractivity contribution is 0.221. The Morgan fingerprint density at radius 3 is 2.67 bits per heavy atom. The van der Waals surface area contributed by atoms with Crippen molar-refractivity contribution in [3.05, 3.63) is 59.5 Å². The van der Waals surface area contributed by atoms with Gasteiger partial charge in [0.15, 0.2) is 11.6 Å². The van der Waals surface area contributed by atoms with Gasteiger partial charge in [-0.15, -0.1) is 11.3 Å². The molecular weight excluding hydrogens is 366 g/mol. The van der Waals surface area contributed by atoms with E-state index in [1.54, 1.807) is 11.3 Å². The molecule has 6 heteroatoms. The summed E-state index contributed by atoms with van der Waals surface area (Å²) in [5.41, 5.74) is 1.33. The molecule has 0 spiro atoms. The van der Waals surface area contributed by atoms with Crippen molar-refractivity contribution in [1.29, 1.82) is 0 Å². The number of benzene rings is 2. The fourth-order valence-corrected chi connectivity index (χ4v) is 4.44. The molecular formula is C21H22F2N2OS. The summed E-state index contributed by atoms with van der Waals surface area (Å²) in [4.78, 5) is 4.87. The minimum absolute atomic E-state index is 0.116. The van der Waals surface area contributed by atoms with Gasteiger partial charge in [0.1, 0.15) is 5.82 Å². The van der Waals surface area contributed by atoms with Crippen molar-refractivity contribution in [2.24, 2.45) is 0 Å². The topological polar surface area (TPSA) is 15.7 Å². The number of hydrogen-bond donors (Lipinski definition) is 0. The first kappa shape index (κ1) is 18.2. The van der Waals surface area contributed by atoms with Crippen molar-refractivity contribution < 1.29 is 13.5 Å². The van der Waals surface area contributed by atoms with Crippen LogP contribution in [-0.4, -0.2) is 44.2 Å². The van der Waals surface area contributed by atoms with Gasteiger partial charge < -0.3 is 9.64 Å². The highest BCUT2D eigenvalue weighted by Crippen LogP contribution is 2.31. The molecule has 0 aliphatic carbocycles. The Morgan fingerprint density at radius 1 is 1.00 bits per heavy atom. The van der Waals surface area contributed by atoms with Crippen LogP contribution in [0.1, 0.15) is 6.42 Å². The van der Waals surface area contributed by atoms with Crippen molar-refractivity contribution >= 4 is 27.1 Å². The highest BCUT2D eigenvalue weighted by Gasteiger charge is 2.18. The zero-order valence-corrected chi connectivity index (χ0v) is 15.9. The number of hydrogen-bond acceptors (Lipinski definition) is 4. The maximum atomic E-state index is 13.5. The van der Waals surface area contributed by atoms with Crippen LogP contribution in [0, 0.1) is 11.6 Å². The molecule has 0 radical (unpaired) electrons. The Morgan fingerprint density at radius 2 is 1.85 bits per heavy atom. The Hall–Kier alpha value is -2.18. The van der Waals surface area contributed by atoms with Crippen molar-refractivity contribution in [1.82, 2.24) is 4.90 Å². The summed E-state index contributed by atoms with van der Waals surface area (Å²) >= 11 is 1.80. The van der Waals surface area contributed by atoms with Gasteiger partial charge >= 0.3 is 0 Å². The van der Waals surface area contributed by atoms with E-state index >= 15 is 0 Å². The Bertz CT molecular complexity index is 906. The second kappa shape index (κ2) is 8.23. The number of rotatable bonds is 6. The van der Waals surface area contributed by atoms with Crippen molar-refractivity contribution in [2.45, 2.75) is 6.42 Å². The van der Waals surface area contributed by atoms with Gasteiger partial charge in [-0.1, -0.05) is 12.1 Å². The first-order chi connectivity index (χ1) is 13.2. The molecule has 1 aromatic heterocycles. The molecule has 4 rings (SSSR count). The lowest BCUT2D eigenvalue weighted by Gasteiger charge is -2.36. The number of nitrogens with zero attached hydrogens (tertiary/aromatic N) is 2. The molecule has 27 heavy (non-hydrogen) atoms. The maximum Gasteiger partial charge on any atom is 0.167 e. The molecule has 0 bridgehead atoms. The van der Waals surface area contributed by atoms with Gasteiger partial charge in [-0.05, 0) is 41.5 Å². The first-order valence-corrected chi connectivity index (χ1v) is 10.1. The molecule has 0 atom stereocenters. The molecule has 0 N–H and O–H groups in total. The fraction of sp³-hybridized carbons (Fsp3) is 0.333. The third-order valence-electron chi connectivity index (χ3n) is 4.94. The minimum Gasteiger partial charge on any atom is -0.490 e. The minimum atomic E-state index is -0.647. The predicted molar refractivity (Wildman–Crippen MR) is 107 cm³/mol. The predicted octanol–water partition coefficient (Wildman–Crippen LogP) is 4.77. The lowest BCUT2D eigenvalue weighted by Crippen LogP contribution is -2.46. The van der Waals surface area contributed by atoms with E-state index in [1.165, 1.54) is 27.9 Å². The van der Waals surface area contributed by atoms with E-state index in [1.807, 2.05) is 0 Å². The van der Waals surface area contributed by atoms with Crippen LogP contribution in [0.4, 0.5) is 14.5 Å². The highest BCUT2D eigenvalue weighted by molar-refractivity contribution is 7.17. The molecule has 3 aromatic rings. The lowest BCUT2D eigenvalue weighted by atomic mass is 10.2. The quantitative estimate of drug-likeness (QED) is 0.566. The SMILES string of the molecule is Fc1ccc(OCCCN2CCN(c3cccc4ccsc34)CC2)c(F)c1. The number of halogens is 2. The molecule has 0 saturated carbocycles. The number of fused-ring (bicyclic) bond motifs is 1. The average molecular weight is 388 g/mol. The molecule has 2 aromatic carbocycles. The van der Waals surface area contributed by atoms with E-state index in [2.05, 4.69) is 39.4 Å². The normalized spacial score (nSPS) is 15.4. The summed E-state index contributed by atoms with van der Waals surface area (Å²) in [5, 5.41) is 3.46. The number of piperazine rings is 1. The summed E-state index contributed by atoms with van der Waals surface area (Å²) < 4.78 is 33.2. The van der Waals surface area contributed by atoms with Crippen LogP contribution in [0.3, 0.4) is 0 Å². The van der Waals surface area contributed by atoms with Crippen LogP contribution in [-0.2, 0) is 0 Å². The van der Waals surface area contributed by atoms with E-state index in [-0.39, 0.29) is 5.75 Å². The molecule has 0 unspecified atom stereocenters. The van der Waals surface area contributed by atoms with Crippen molar-refractivity contribution in [3.63, 3.8) is 0 Å². The summed E-state index contributed by atoms with van der Waals surface area (Å²) in [5.74, 6) is -1.12. The Labute approximate surface area is 161 Å². The summed E-state index contributed by atoms with van der Waals surface area (Å²) in [6.45, 7) is 5.37. The zero-order valence-electron chi connectivity index (χ0n) is 15.0. The standard InChI is InChI=1S/C21H22F2N2OS/c22-17-5-6-20(18(23)15-17)26-13-2-8-24-9-11-25(12-10-24)19-4-1-3-16-7-14-27-21(16)19/h1,3-7,14-15H,2,8-13H2. The van der Waals surface area contributed by atoms with E-state index in [0.717, 1.165) is 45.2 Å². The van der Waals surface area contributed by atoms with Gasteiger partial charge in [0.2, 0.25) is 0 Å². The second-order valence-electron chi connectivity index (χ2n) is 6.72. The highest BCUT2D eigenvalue weighted by atomic mass is 32.1. The fourth-order valence-electron chi connectivity index (χ4n) is 3.50. The third kappa shape index (κ3) is 4.22. The number of thiophene rings is 1. The molecule has 1 fully saturated rings. The third-order valence-corrected chi connectivity index (χ3v) is 5.89. The van der Waals surface area contributed by atoms with Crippen LogP contribution in [0.5, 0.6) is 5.75 Å². The van der Waals surface area contributed by atoms with E-state index in [0.29, 0.717) is 6.61 Å². The summed E-state index contributed by atoms with van der Waals surface area (Å²) in [6.07, 6.45) is 0.817. The van der Waals surface area contributed by atoms with E-state index < -0.39 is 11.6 Å². The molecule has 1 aliphatic rings. The second-order valence-corrected chi connectivity index (χ2v) is 7.64. The van der Waals surface area contributed by atoms with Crippen LogP contribution in [0.2, 0.25) is 0 Å². The molecule has 1 saturated heterocycles. The maximum absolute atomic E-state index is 13.5. The van der Waals surface area contributed by atoms with Crippen LogP contribution in [0.15, 0.2) is 47.8 Å². The van der Waals surface area contributed by atoms with Gasteiger partial charge in [-0.2, -0.15) is 0 Å². The van der Waals surface area contributed by atoms with Gasteiger partial charge in [0, 0.05) is 38.8 Å². The summed E-state index contributed by atoms with van der Waals surface area (Å²) in [6, 6.07) is 12.1.